The number of methoxy groups -OCH3 is 1. The molecule has 0 aromatic carbocycles. The summed E-state index contributed by atoms with van der Waals surface area (Å²) in [4.78, 5) is 11.7. The Morgan fingerprint density at radius 1 is 1.44 bits per heavy atom. The predicted octanol–water partition coefficient (Wildman–Crippen LogP) is 1.19. The van der Waals surface area contributed by atoms with E-state index in [9.17, 15) is 4.79 Å². The van der Waals surface area contributed by atoms with Gasteiger partial charge in [-0.15, -0.1) is 5.10 Å². The van der Waals surface area contributed by atoms with Crippen LogP contribution in [0.4, 0.5) is 0 Å². The fourth-order valence-electron chi connectivity index (χ4n) is 1.76. The van der Waals surface area contributed by atoms with Gasteiger partial charge in [0.05, 0.1) is 12.3 Å². The quantitative estimate of drug-likeness (QED) is 0.539. The van der Waals surface area contributed by atoms with Crippen molar-refractivity contribution in [3.05, 3.63) is 11.4 Å². The number of esters is 1. The molecule has 0 aliphatic heterocycles. The van der Waals surface area contributed by atoms with Gasteiger partial charge in [-0.2, -0.15) is 0 Å². The molecule has 1 heterocycles. The second kappa shape index (κ2) is 5.95. The van der Waals surface area contributed by atoms with Gasteiger partial charge in [-0.1, -0.05) is 18.1 Å². The molecular weight excluding hydrogens is 234 g/mol. The Kier molecular flexibility index (Phi) is 4.30. The lowest BCUT2D eigenvalue weighted by molar-refractivity contribution is 0.0380. The Morgan fingerprint density at radius 3 is 2.89 bits per heavy atom. The Hall–Kier alpha value is -1.43. The van der Waals surface area contributed by atoms with Crippen molar-refractivity contribution in [2.75, 3.05) is 20.3 Å². The van der Waals surface area contributed by atoms with E-state index in [2.05, 4.69) is 10.3 Å². The van der Waals surface area contributed by atoms with Crippen LogP contribution in [0.1, 0.15) is 35.4 Å². The zero-order chi connectivity index (χ0) is 13.0. The lowest BCUT2D eigenvalue weighted by Gasteiger charge is -2.03. The van der Waals surface area contributed by atoms with E-state index in [0.29, 0.717) is 12.3 Å². The maximum atomic E-state index is 11.7. The summed E-state index contributed by atoms with van der Waals surface area (Å²) in [6.45, 7) is 3.30. The molecule has 0 N–H and O–H groups in total. The molecule has 18 heavy (non-hydrogen) atoms. The van der Waals surface area contributed by atoms with Crippen LogP contribution < -0.4 is 0 Å². The lowest BCUT2D eigenvalue weighted by Crippen LogP contribution is -2.12. The fraction of sp³-hybridized carbons (Fsp3) is 0.750. The monoisotopic (exact) mass is 253 g/mol. The van der Waals surface area contributed by atoms with Gasteiger partial charge >= 0.3 is 5.97 Å². The van der Waals surface area contributed by atoms with E-state index in [1.54, 1.807) is 11.8 Å². The zero-order valence-corrected chi connectivity index (χ0v) is 10.9. The van der Waals surface area contributed by atoms with E-state index >= 15 is 0 Å². The maximum Gasteiger partial charge on any atom is 0.360 e. The predicted molar refractivity (Wildman–Crippen MR) is 64.3 cm³/mol. The highest BCUT2D eigenvalue weighted by atomic mass is 16.6. The van der Waals surface area contributed by atoms with Crippen molar-refractivity contribution in [2.24, 2.45) is 5.92 Å². The van der Waals surface area contributed by atoms with Crippen LogP contribution in [0, 0.1) is 12.8 Å². The summed E-state index contributed by atoms with van der Waals surface area (Å²) in [5.74, 6) is 0.410. The molecule has 1 aliphatic rings. The third kappa shape index (κ3) is 3.29. The second-order valence-corrected chi connectivity index (χ2v) is 4.61. The highest BCUT2D eigenvalue weighted by molar-refractivity contribution is 5.88. The minimum absolute atomic E-state index is 0.240. The normalized spacial score (nSPS) is 14.8. The highest BCUT2D eigenvalue weighted by Crippen LogP contribution is 2.32. The van der Waals surface area contributed by atoms with Crippen molar-refractivity contribution in [1.29, 1.82) is 0 Å². The number of carbonyl (C=O) groups is 1. The van der Waals surface area contributed by atoms with Gasteiger partial charge in [-0.25, -0.2) is 9.48 Å². The van der Waals surface area contributed by atoms with Gasteiger partial charge in [0.1, 0.15) is 6.61 Å². The topological polar surface area (TPSA) is 66.2 Å². The highest BCUT2D eigenvalue weighted by Gasteiger charge is 2.23. The summed E-state index contributed by atoms with van der Waals surface area (Å²) in [5.41, 5.74) is 1.08. The first kappa shape index (κ1) is 13.0. The fourth-order valence-corrected chi connectivity index (χ4v) is 1.76. The van der Waals surface area contributed by atoms with E-state index in [0.717, 1.165) is 24.6 Å². The number of hydrogen-bond acceptors (Lipinski definition) is 5. The molecule has 0 bridgehead atoms. The molecule has 100 valence electrons. The minimum atomic E-state index is -0.428. The summed E-state index contributed by atoms with van der Waals surface area (Å²) in [6.07, 6.45) is 3.75. The molecule has 1 aromatic heterocycles. The average Bonchev–Trinajstić information content (AvgIpc) is 3.11. The van der Waals surface area contributed by atoms with Gasteiger partial charge in [0, 0.05) is 13.7 Å². The first-order valence-electron chi connectivity index (χ1n) is 6.28. The molecular formula is C12H19N3O3. The Labute approximate surface area is 106 Å². The summed E-state index contributed by atoms with van der Waals surface area (Å²) < 4.78 is 11.6. The van der Waals surface area contributed by atoms with Crippen LogP contribution in [-0.2, 0) is 16.0 Å². The van der Waals surface area contributed by atoms with E-state index in [-0.39, 0.29) is 6.61 Å². The van der Waals surface area contributed by atoms with Gasteiger partial charge in [-0.05, 0) is 19.3 Å². The van der Waals surface area contributed by atoms with E-state index < -0.39 is 5.97 Å². The Bertz CT molecular complexity index is 413. The van der Waals surface area contributed by atoms with Crippen molar-refractivity contribution < 1.29 is 14.3 Å². The molecule has 2 rings (SSSR count). The minimum Gasteiger partial charge on any atom is -0.458 e. The largest absolute Gasteiger partial charge is 0.458 e. The van der Waals surface area contributed by atoms with Gasteiger partial charge in [0.25, 0.3) is 0 Å². The molecule has 0 amide bonds. The number of hydrogen-bond donors (Lipinski definition) is 0. The van der Waals surface area contributed by atoms with Crippen molar-refractivity contribution >= 4 is 5.97 Å². The number of aromatic nitrogens is 3. The van der Waals surface area contributed by atoms with Gasteiger partial charge in [0.15, 0.2) is 5.69 Å². The molecule has 0 radical (unpaired) electrons. The number of ether oxygens (including phenoxy) is 2. The van der Waals surface area contributed by atoms with Crippen molar-refractivity contribution in [3.8, 4) is 0 Å². The molecule has 1 saturated carbocycles. The van der Waals surface area contributed by atoms with Crippen LogP contribution in [0.3, 0.4) is 0 Å². The number of carbonyl (C=O) groups excluding carboxylic acids is 1. The maximum absolute atomic E-state index is 11.7. The summed E-state index contributed by atoms with van der Waals surface area (Å²) >= 11 is 0. The molecule has 1 aliphatic carbocycles. The van der Waals surface area contributed by atoms with Crippen LogP contribution >= 0.6 is 0 Å². The van der Waals surface area contributed by atoms with E-state index in [1.165, 1.54) is 12.8 Å². The van der Waals surface area contributed by atoms with Crippen LogP contribution in [0.25, 0.3) is 0 Å². The summed E-state index contributed by atoms with van der Waals surface area (Å²) in [7, 11) is 1.56. The first-order valence-corrected chi connectivity index (χ1v) is 6.28. The smallest absolute Gasteiger partial charge is 0.360 e. The van der Waals surface area contributed by atoms with Crippen molar-refractivity contribution in [2.45, 2.75) is 32.7 Å². The molecule has 0 spiro atoms. The lowest BCUT2D eigenvalue weighted by atomic mass is 10.3. The molecule has 0 saturated heterocycles. The number of aryl methyl sites for hydroxylation is 1. The average molecular weight is 253 g/mol. The van der Waals surface area contributed by atoms with Crippen LogP contribution in [0.5, 0.6) is 0 Å². The van der Waals surface area contributed by atoms with Crippen LogP contribution in [-0.4, -0.2) is 41.3 Å². The van der Waals surface area contributed by atoms with Crippen molar-refractivity contribution in [3.63, 3.8) is 0 Å². The number of rotatable bonds is 7. The van der Waals surface area contributed by atoms with Crippen LogP contribution in [0.2, 0.25) is 0 Å². The van der Waals surface area contributed by atoms with Gasteiger partial charge < -0.3 is 9.47 Å². The zero-order valence-electron chi connectivity index (χ0n) is 10.9. The standard InChI is InChI=1S/C12H19N3O3/c1-9-11(12(16)18-8-7-17-2)13-14-15(9)6-5-10-3-4-10/h10H,3-8H2,1-2H3. The van der Waals surface area contributed by atoms with Crippen LogP contribution in [0.15, 0.2) is 0 Å². The second-order valence-electron chi connectivity index (χ2n) is 4.61. The molecule has 6 nitrogen and oxygen atoms in total. The molecule has 0 unspecified atom stereocenters. The summed E-state index contributed by atoms with van der Waals surface area (Å²) in [6, 6.07) is 0. The Balaban J connectivity index is 1.89. The first-order chi connectivity index (χ1) is 8.72. The molecule has 1 fully saturated rings. The molecule has 0 atom stereocenters. The third-order valence-electron chi connectivity index (χ3n) is 3.14. The summed E-state index contributed by atoms with van der Waals surface area (Å²) in [5, 5.41) is 7.89. The van der Waals surface area contributed by atoms with E-state index in [4.69, 9.17) is 9.47 Å². The Morgan fingerprint density at radius 2 is 2.22 bits per heavy atom. The SMILES string of the molecule is COCCOC(=O)c1nnn(CCC2CC2)c1C. The number of nitrogens with zero attached hydrogens (tertiary/aromatic N) is 3. The molecule has 1 aromatic rings. The van der Waals surface area contributed by atoms with Crippen molar-refractivity contribution in [1.82, 2.24) is 15.0 Å². The van der Waals surface area contributed by atoms with E-state index in [1.807, 2.05) is 6.92 Å². The third-order valence-corrected chi connectivity index (χ3v) is 3.14. The van der Waals surface area contributed by atoms with Gasteiger partial charge in [-0.3, -0.25) is 0 Å². The van der Waals surface area contributed by atoms with Gasteiger partial charge in [0.2, 0.25) is 0 Å². The molecule has 6 heteroatoms.